The fraction of sp³-hybridized carbons (Fsp3) is 0.486. The monoisotopic (exact) mass is 743 g/mol. The van der Waals surface area contributed by atoms with Crippen LogP contribution in [0.3, 0.4) is 0 Å². The number of hydrogen-bond acceptors (Lipinski definition) is 9. The number of H-pyrrole nitrogens is 1. The van der Waals surface area contributed by atoms with Gasteiger partial charge in [0.15, 0.2) is 11.5 Å². The highest BCUT2D eigenvalue weighted by molar-refractivity contribution is 6.08. The van der Waals surface area contributed by atoms with E-state index in [2.05, 4.69) is 47.5 Å². The molecule has 284 valence electrons. The van der Waals surface area contributed by atoms with Crippen molar-refractivity contribution in [3.63, 3.8) is 0 Å². The van der Waals surface area contributed by atoms with Crippen molar-refractivity contribution < 1.29 is 23.2 Å². The van der Waals surface area contributed by atoms with Crippen LogP contribution >= 0.6 is 0 Å². The number of piperidine rings is 2. The summed E-state index contributed by atoms with van der Waals surface area (Å²) in [5.74, 6) is -0.613. The number of hydrogen-bond donors (Lipinski definition) is 3. The van der Waals surface area contributed by atoms with Crippen LogP contribution in [0.15, 0.2) is 47.7 Å². The molecule has 0 bridgehead atoms. The number of para-hydroxylation sites is 1. The molecule has 1 aromatic carbocycles. The van der Waals surface area contributed by atoms with Crippen molar-refractivity contribution in [1.82, 2.24) is 43.9 Å². The molecule has 1 atom stereocenters. The second kappa shape index (κ2) is 14.4. The molecular weight excluding hydrogens is 700 g/mol. The highest BCUT2D eigenvalue weighted by Crippen LogP contribution is 2.38. The number of aryl methyl sites for hydroxylation is 1. The molecule has 17 heteroatoms. The topological polar surface area (TPSA) is 168 Å². The summed E-state index contributed by atoms with van der Waals surface area (Å²) in [4.78, 5) is 67.1. The zero-order valence-electron chi connectivity index (χ0n) is 30.2. The van der Waals surface area contributed by atoms with E-state index in [1.54, 1.807) is 23.9 Å². The molecule has 8 rings (SSSR count). The maximum absolute atomic E-state index is 14.1. The lowest BCUT2D eigenvalue weighted by atomic mass is 9.81. The zero-order chi connectivity index (χ0) is 37.7. The maximum Gasteiger partial charge on any atom is 0.329 e. The van der Waals surface area contributed by atoms with Gasteiger partial charge in [0.1, 0.15) is 23.1 Å². The second-order valence-corrected chi connectivity index (χ2v) is 14.8. The summed E-state index contributed by atoms with van der Waals surface area (Å²) < 4.78 is 32.7. The van der Waals surface area contributed by atoms with Gasteiger partial charge in [0.2, 0.25) is 11.8 Å². The minimum absolute atomic E-state index is 0.0138. The third-order valence-electron chi connectivity index (χ3n) is 11.5. The number of aromatic amines is 1. The first kappa shape index (κ1) is 35.6. The van der Waals surface area contributed by atoms with Gasteiger partial charge in [0, 0.05) is 57.5 Å². The van der Waals surface area contributed by atoms with E-state index in [4.69, 9.17) is 0 Å². The molecule has 3 N–H and O–H groups in total. The number of carbonyl (C=O) groups excluding carboxylic acids is 3. The van der Waals surface area contributed by atoms with Gasteiger partial charge in [-0.1, -0.05) is 6.07 Å². The van der Waals surface area contributed by atoms with Crippen molar-refractivity contribution in [3.8, 4) is 0 Å². The SMILES string of the molecule is CN(C[C@H]1CC[C@H](c2nc(NC(=O)c3cnn4cccnc34)c(C(F)F)[nH]2)CC1)C1CCN(c2cccc3c2n(C)c(=O)n3C2CCC(=O)NC2=O)CC1. The van der Waals surface area contributed by atoms with E-state index in [1.165, 1.54) is 21.5 Å². The molecule has 2 saturated heterocycles. The number of aromatic nitrogens is 7. The van der Waals surface area contributed by atoms with Crippen molar-refractivity contribution in [2.45, 2.75) is 75.8 Å². The number of carbonyl (C=O) groups is 3. The number of fused-ring (bicyclic) bond motifs is 2. The number of alkyl halides is 2. The molecule has 3 amide bonds. The predicted molar refractivity (Wildman–Crippen MR) is 196 cm³/mol. The van der Waals surface area contributed by atoms with Crippen LogP contribution in [-0.4, -0.2) is 89.0 Å². The fourth-order valence-electron chi connectivity index (χ4n) is 8.64. The number of imidazole rings is 2. The fourth-order valence-corrected chi connectivity index (χ4v) is 8.64. The highest BCUT2D eigenvalue weighted by atomic mass is 19.3. The number of imide groups is 1. The second-order valence-electron chi connectivity index (χ2n) is 14.8. The Morgan fingerprint density at radius 3 is 2.57 bits per heavy atom. The number of anilines is 2. The summed E-state index contributed by atoms with van der Waals surface area (Å²) in [6.45, 7) is 2.57. The number of rotatable bonds is 9. The van der Waals surface area contributed by atoms with Gasteiger partial charge in [-0.3, -0.25) is 28.8 Å². The van der Waals surface area contributed by atoms with Gasteiger partial charge in [-0.05, 0) is 76.1 Å². The van der Waals surface area contributed by atoms with Crippen LogP contribution in [0.2, 0.25) is 0 Å². The molecule has 54 heavy (non-hydrogen) atoms. The molecule has 1 aliphatic carbocycles. The lowest BCUT2D eigenvalue weighted by molar-refractivity contribution is -0.135. The van der Waals surface area contributed by atoms with Gasteiger partial charge in [-0.2, -0.15) is 5.10 Å². The van der Waals surface area contributed by atoms with Crippen LogP contribution in [0.25, 0.3) is 16.7 Å². The Labute approximate surface area is 308 Å². The Balaban J connectivity index is 0.868. The molecule has 3 aliphatic rings. The number of nitrogens with one attached hydrogen (secondary N) is 3. The van der Waals surface area contributed by atoms with Crippen LogP contribution in [-0.2, 0) is 16.6 Å². The van der Waals surface area contributed by atoms with E-state index in [9.17, 15) is 28.0 Å². The predicted octanol–water partition coefficient (Wildman–Crippen LogP) is 4.15. The summed E-state index contributed by atoms with van der Waals surface area (Å²) in [5, 5.41) is 9.04. The lowest BCUT2D eigenvalue weighted by Crippen LogP contribution is -2.45. The van der Waals surface area contributed by atoms with Crippen molar-refractivity contribution >= 4 is 45.9 Å². The van der Waals surface area contributed by atoms with Gasteiger partial charge in [0.05, 0.1) is 22.9 Å². The van der Waals surface area contributed by atoms with E-state index in [0.717, 1.165) is 69.4 Å². The van der Waals surface area contributed by atoms with Gasteiger partial charge in [-0.15, -0.1) is 0 Å². The number of nitrogens with zero attached hydrogens (tertiary/aromatic N) is 8. The average molecular weight is 744 g/mol. The Kier molecular flexibility index (Phi) is 9.49. The van der Waals surface area contributed by atoms with Crippen molar-refractivity contribution in [1.29, 1.82) is 0 Å². The Hall–Kier alpha value is -5.45. The van der Waals surface area contributed by atoms with E-state index >= 15 is 0 Å². The number of amides is 3. The average Bonchev–Trinajstić information content (AvgIpc) is 3.87. The molecule has 4 aromatic heterocycles. The zero-order valence-corrected chi connectivity index (χ0v) is 30.2. The highest BCUT2D eigenvalue weighted by Gasteiger charge is 2.34. The Morgan fingerprint density at radius 2 is 1.83 bits per heavy atom. The van der Waals surface area contributed by atoms with E-state index in [1.807, 2.05) is 18.2 Å². The summed E-state index contributed by atoms with van der Waals surface area (Å²) in [7, 11) is 3.90. The summed E-state index contributed by atoms with van der Waals surface area (Å²) in [6.07, 6.45) is 7.58. The van der Waals surface area contributed by atoms with Crippen molar-refractivity contribution in [2.75, 3.05) is 36.9 Å². The minimum Gasteiger partial charge on any atom is -0.370 e. The first-order valence-electron chi connectivity index (χ1n) is 18.5. The van der Waals surface area contributed by atoms with Gasteiger partial charge in [-0.25, -0.2) is 28.1 Å². The maximum atomic E-state index is 14.1. The summed E-state index contributed by atoms with van der Waals surface area (Å²) in [5.41, 5.74) is 2.24. The smallest absolute Gasteiger partial charge is 0.329 e. The molecule has 0 spiro atoms. The Bertz CT molecular complexity index is 2280. The molecule has 2 aliphatic heterocycles. The molecule has 3 fully saturated rings. The quantitative estimate of drug-likeness (QED) is 0.188. The minimum atomic E-state index is -2.83. The van der Waals surface area contributed by atoms with Gasteiger partial charge >= 0.3 is 5.69 Å². The number of benzene rings is 1. The van der Waals surface area contributed by atoms with Crippen molar-refractivity contribution in [3.05, 3.63) is 70.4 Å². The lowest BCUT2D eigenvalue weighted by Gasteiger charge is -2.40. The molecule has 6 heterocycles. The third kappa shape index (κ3) is 6.54. The first-order valence-corrected chi connectivity index (χ1v) is 18.5. The summed E-state index contributed by atoms with van der Waals surface area (Å²) in [6, 6.07) is 7.15. The van der Waals surface area contributed by atoms with Gasteiger partial charge < -0.3 is 20.1 Å². The van der Waals surface area contributed by atoms with Crippen LogP contribution in [0.1, 0.15) is 91.6 Å². The third-order valence-corrected chi connectivity index (χ3v) is 11.5. The van der Waals surface area contributed by atoms with Crippen molar-refractivity contribution in [2.24, 2.45) is 13.0 Å². The molecule has 0 radical (unpaired) electrons. The van der Waals surface area contributed by atoms with Crippen LogP contribution in [0.4, 0.5) is 20.3 Å². The van der Waals surface area contributed by atoms with E-state index in [0.29, 0.717) is 35.4 Å². The number of halogens is 2. The standard InChI is InChI=1S/C37H43F2N11O4/c1-46(23-13-17-48(18-14-23)25-5-3-6-26-30(25)47(2)37(54)50(26)27-11-12-28(51)42-36(27)53)20-21-7-9-22(10-8-21)32-43-29(31(38)39)33(44-32)45-35(52)24-19-41-49-16-4-15-40-34(24)49/h3-6,15-16,19,21-23,27,31H,7-14,17-18,20H2,1-2H3,(H,43,44)(H,45,52)(H,42,51,53)/t21-,22-,27?. The largest absolute Gasteiger partial charge is 0.370 e. The normalized spacial score (nSPS) is 21.4. The Morgan fingerprint density at radius 1 is 1.06 bits per heavy atom. The van der Waals surface area contributed by atoms with Gasteiger partial charge in [0.25, 0.3) is 12.3 Å². The molecule has 1 unspecified atom stereocenters. The summed E-state index contributed by atoms with van der Waals surface area (Å²) >= 11 is 0. The molecule has 15 nitrogen and oxygen atoms in total. The molecular formula is C37H43F2N11O4. The van der Waals surface area contributed by atoms with Crippen LogP contribution < -0.4 is 21.2 Å². The van der Waals surface area contributed by atoms with Crippen LogP contribution in [0, 0.1) is 5.92 Å². The van der Waals surface area contributed by atoms with E-state index < -0.39 is 30.0 Å². The molecule has 5 aromatic rings. The van der Waals surface area contributed by atoms with E-state index in [-0.39, 0.29) is 35.3 Å². The molecule has 1 saturated carbocycles. The van der Waals surface area contributed by atoms with Crippen LogP contribution in [0.5, 0.6) is 0 Å². The first-order chi connectivity index (χ1) is 26.1.